The maximum Gasteiger partial charge on any atom is 0.0453 e. The van der Waals surface area contributed by atoms with E-state index in [4.69, 9.17) is 23.2 Å². The molecule has 0 amide bonds. The Kier molecular flexibility index (Phi) is 5.60. The molecule has 0 heterocycles. The van der Waals surface area contributed by atoms with Gasteiger partial charge in [0.2, 0.25) is 0 Å². The summed E-state index contributed by atoms with van der Waals surface area (Å²) in [6.07, 6.45) is 0.936. The summed E-state index contributed by atoms with van der Waals surface area (Å²) in [6.45, 7) is 5.04. The van der Waals surface area contributed by atoms with Crippen molar-refractivity contribution in [3.05, 3.63) is 35.4 Å². The number of rotatable bonds is 6. The standard InChI is InChI=1S/C13H19Cl2N/c1-3-13(9-14,10-15)16-8-12-7-5-4-6-11(12)2/h4-7,16H,3,8-10H2,1-2H3. The van der Waals surface area contributed by atoms with Crippen molar-refractivity contribution in [2.45, 2.75) is 32.4 Å². The van der Waals surface area contributed by atoms with Crippen LogP contribution >= 0.6 is 23.2 Å². The second kappa shape index (κ2) is 6.48. The molecule has 1 aromatic rings. The highest BCUT2D eigenvalue weighted by molar-refractivity contribution is 6.22. The van der Waals surface area contributed by atoms with Crippen LogP contribution in [0.1, 0.15) is 24.5 Å². The lowest BCUT2D eigenvalue weighted by Gasteiger charge is -2.30. The summed E-state index contributed by atoms with van der Waals surface area (Å²) in [7, 11) is 0. The lowest BCUT2D eigenvalue weighted by Crippen LogP contribution is -2.48. The highest BCUT2D eigenvalue weighted by Crippen LogP contribution is 2.16. The quantitative estimate of drug-likeness (QED) is 0.769. The molecule has 0 saturated carbocycles. The fraction of sp³-hybridized carbons (Fsp3) is 0.538. The summed E-state index contributed by atoms with van der Waals surface area (Å²) in [5, 5.41) is 3.48. The van der Waals surface area contributed by atoms with Crippen molar-refractivity contribution in [1.29, 1.82) is 0 Å². The molecular weight excluding hydrogens is 241 g/mol. The average molecular weight is 260 g/mol. The van der Waals surface area contributed by atoms with Gasteiger partial charge in [-0.15, -0.1) is 23.2 Å². The molecule has 0 radical (unpaired) electrons. The summed E-state index contributed by atoms with van der Waals surface area (Å²) < 4.78 is 0. The molecular formula is C13H19Cl2N. The van der Waals surface area contributed by atoms with Crippen LogP contribution in [0.4, 0.5) is 0 Å². The van der Waals surface area contributed by atoms with Crippen LogP contribution < -0.4 is 5.32 Å². The molecule has 0 fully saturated rings. The second-order valence-electron chi connectivity index (χ2n) is 4.18. The third-order valence-corrected chi connectivity index (χ3v) is 4.13. The molecule has 0 saturated heterocycles. The van der Waals surface area contributed by atoms with Crippen LogP contribution in [-0.4, -0.2) is 17.3 Å². The number of hydrogen-bond acceptors (Lipinski definition) is 1. The first kappa shape index (κ1) is 13.8. The molecule has 1 aromatic carbocycles. The highest BCUT2D eigenvalue weighted by atomic mass is 35.5. The smallest absolute Gasteiger partial charge is 0.0453 e. The normalized spacial score (nSPS) is 11.8. The maximum absolute atomic E-state index is 5.98. The molecule has 0 aliphatic rings. The molecule has 0 aromatic heterocycles. The fourth-order valence-corrected chi connectivity index (χ4v) is 2.39. The van der Waals surface area contributed by atoms with Gasteiger partial charge in [0.05, 0.1) is 0 Å². The number of nitrogens with one attached hydrogen (secondary N) is 1. The largest absolute Gasteiger partial charge is 0.305 e. The Labute approximate surface area is 108 Å². The van der Waals surface area contributed by atoms with E-state index in [2.05, 4.69) is 43.4 Å². The molecule has 0 bridgehead atoms. The first-order chi connectivity index (χ1) is 7.67. The van der Waals surface area contributed by atoms with Gasteiger partial charge in [-0.25, -0.2) is 0 Å². The van der Waals surface area contributed by atoms with Gasteiger partial charge in [0, 0.05) is 23.8 Å². The van der Waals surface area contributed by atoms with E-state index in [1.54, 1.807) is 0 Å². The highest BCUT2D eigenvalue weighted by Gasteiger charge is 2.25. The molecule has 1 nitrogen and oxygen atoms in total. The van der Waals surface area contributed by atoms with Gasteiger partial charge in [0.25, 0.3) is 0 Å². The molecule has 3 heteroatoms. The summed E-state index contributed by atoms with van der Waals surface area (Å²) >= 11 is 12.0. The van der Waals surface area contributed by atoms with E-state index in [1.807, 2.05) is 0 Å². The van der Waals surface area contributed by atoms with Gasteiger partial charge >= 0.3 is 0 Å². The summed E-state index contributed by atoms with van der Waals surface area (Å²) in [4.78, 5) is 0. The molecule has 1 rings (SSSR count). The van der Waals surface area contributed by atoms with Crippen LogP contribution in [0.15, 0.2) is 24.3 Å². The Balaban J connectivity index is 2.66. The number of benzene rings is 1. The predicted octanol–water partition coefficient (Wildman–Crippen LogP) is 3.71. The van der Waals surface area contributed by atoms with E-state index >= 15 is 0 Å². The van der Waals surface area contributed by atoms with Crippen molar-refractivity contribution in [3.8, 4) is 0 Å². The van der Waals surface area contributed by atoms with Gasteiger partial charge in [-0.05, 0) is 24.5 Å². The van der Waals surface area contributed by atoms with E-state index in [0.29, 0.717) is 11.8 Å². The second-order valence-corrected chi connectivity index (χ2v) is 4.72. The van der Waals surface area contributed by atoms with Crippen molar-refractivity contribution in [2.24, 2.45) is 0 Å². The van der Waals surface area contributed by atoms with Gasteiger partial charge < -0.3 is 5.32 Å². The third kappa shape index (κ3) is 3.38. The fourth-order valence-electron chi connectivity index (χ4n) is 1.54. The molecule has 16 heavy (non-hydrogen) atoms. The predicted molar refractivity (Wildman–Crippen MR) is 72.5 cm³/mol. The van der Waals surface area contributed by atoms with Crippen LogP contribution in [0.5, 0.6) is 0 Å². The van der Waals surface area contributed by atoms with Gasteiger partial charge in [-0.2, -0.15) is 0 Å². The van der Waals surface area contributed by atoms with Crippen LogP contribution in [0, 0.1) is 6.92 Å². The van der Waals surface area contributed by atoms with Gasteiger partial charge in [0.15, 0.2) is 0 Å². The van der Waals surface area contributed by atoms with E-state index in [1.165, 1.54) is 11.1 Å². The van der Waals surface area contributed by atoms with E-state index in [-0.39, 0.29) is 5.54 Å². The minimum Gasteiger partial charge on any atom is -0.305 e. The van der Waals surface area contributed by atoms with E-state index in [9.17, 15) is 0 Å². The van der Waals surface area contributed by atoms with Crippen molar-refractivity contribution in [3.63, 3.8) is 0 Å². The number of hydrogen-bond donors (Lipinski definition) is 1. The SMILES string of the molecule is CCC(CCl)(CCl)NCc1ccccc1C. The Morgan fingerprint density at radius 3 is 2.31 bits per heavy atom. The zero-order valence-corrected chi connectivity index (χ0v) is 11.4. The minimum absolute atomic E-state index is 0.147. The Morgan fingerprint density at radius 1 is 1.19 bits per heavy atom. The summed E-state index contributed by atoms with van der Waals surface area (Å²) in [6, 6.07) is 8.35. The minimum atomic E-state index is -0.147. The zero-order chi connectivity index (χ0) is 12.0. The van der Waals surface area contributed by atoms with Crippen molar-refractivity contribution >= 4 is 23.2 Å². The van der Waals surface area contributed by atoms with Gasteiger partial charge in [-0.1, -0.05) is 31.2 Å². The van der Waals surface area contributed by atoms with Crippen molar-refractivity contribution < 1.29 is 0 Å². The van der Waals surface area contributed by atoms with Crippen LogP contribution in [0.2, 0.25) is 0 Å². The topological polar surface area (TPSA) is 12.0 Å². The Hall–Kier alpha value is -0.240. The number of halogens is 2. The van der Waals surface area contributed by atoms with Gasteiger partial charge in [0.1, 0.15) is 0 Å². The van der Waals surface area contributed by atoms with E-state index in [0.717, 1.165) is 13.0 Å². The lowest BCUT2D eigenvalue weighted by atomic mass is 10.00. The lowest BCUT2D eigenvalue weighted by molar-refractivity contribution is 0.384. The Bertz CT molecular complexity index is 313. The summed E-state index contributed by atoms with van der Waals surface area (Å²) in [5.41, 5.74) is 2.45. The molecule has 0 aliphatic heterocycles. The molecule has 0 aliphatic carbocycles. The summed E-state index contributed by atoms with van der Waals surface area (Å²) in [5.74, 6) is 1.08. The monoisotopic (exact) mass is 259 g/mol. The zero-order valence-electron chi connectivity index (χ0n) is 9.89. The number of aryl methyl sites for hydroxylation is 1. The van der Waals surface area contributed by atoms with Crippen molar-refractivity contribution in [1.82, 2.24) is 5.32 Å². The molecule has 0 atom stereocenters. The number of alkyl halides is 2. The molecule has 1 N–H and O–H groups in total. The first-order valence-electron chi connectivity index (χ1n) is 5.59. The van der Waals surface area contributed by atoms with Gasteiger partial charge in [-0.3, -0.25) is 0 Å². The van der Waals surface area contributed by atoms with Crippen LogP contribution in [0.3, 0.4) is 0 Å². The van der Waals surface area contributed by atoms with Crippen molar-refractivity contribution in [2.75, 3.05) is 11.8 Å². The first-order valence-corrected chi connectivity index (χ1v) is 6.66. The average Bonchev–Trinajstić information content (AvgIpc) is 2.34. The maximum atomic E-state index is 5.98. The third-order valence-electron chi connectivity index (χ3n) is 3.10. The Morgan fingerprint density at radius 2 is 1.81 bits per heavy atom. The van der Waals surface area contributed by atoms with E-state index < -0.39 is 0 Å². The molecule has 90 valence electrons. The molecule has 0 unspecified atom stereocenters. The molecule has 0 spiro atoms. The van der Waals surface area contributed by atoms with Crippen LogP contribution in [-0.2, 0) is 6.54 Å². The van der Waals surface area contributed by atoms with Crippen LogP contribution in [0.25, 0.3) is 0 Å².